The van der Waals surface area contributed by atoms with Crippen LogP contribution in [0.1, 0.15) is 24.2 Å². The number of hydrogen-bond acceptors (Lipinski definition) is 3. The van der Waals surface area contributed by atoms with Gasteiger partial charge in [-0.05, 0) is 36.2 Å². The quantitative estimate of drug-likeness (QED) is 0.742. The highest BCUT2D eigenvalue weighted by Gasteiger charge is 2.08. The number of carbonyl (C=O) groups is 1. The van der Waals surface area contributed by atoms with Gasteiger partial charge in [0, 0.05) is 37.9 Å². The molecule has 0 saturated carbocycles. The maximum Gasteiger partial charge on any atom is 0.221 e. The fraction of sp³-hybridized carbons (Fsp3) is 0.500. The van der Waals surface area contributed by atoms with E-state index in [0.29, 0.717) is 24.5 Å². The number of nitrogens with zero attached hydrogens (tertiary/aromatic N) is 4. The minimum atomic E-state index is 0.0150. The lowest BCUT2D eigenvalue weighted by molar-refractivity contribution is -0.121. The molecule has 0 aromatic carbocycles. The topological polar surface area (TPSA) is 64.7 Å². The molecule has 0 fully saturated rings. The van der Waals surface area contributed by atoms with Crippen LogP contribution in [0.3, 0.4) is 0 Å². The smallest absolute Gasteiger partial charge is 0.221 e. The molecule has 0 atom stereocenters. The second-order valence-corrected chi connectivity index (χ2v) is 6.31. The van der Waals surface area contributed by atoms with Gasteiger partial charge in [0.05, 0.1) is 21.4 Å². The second kappa shape index (κ2) is 7.78. The number of halogens is 2. The van der Waals surface area contributed by atoms with Crippen molar-refractivity contribution in [2.24, 2.45) is 0 Å². The van der Waals surface area contributed by atoms with E-state index in [1.807, 2.05) is 18.5 Å². The SMILES string of the molecule is Cc1nn(CCCNC(=O)CCn2cc(Cl)cn2)c(C)c1Br. The van der Waals surface area contributed by atoms with Crippen molar-refractivity contribution in [1.29, 1.82) is 0 Å². The van der Waals surface area contributed by atoms with Gasteiger partial charge in [-0.2, -0.15) is 10.2 Å². The molecule has 0 spiro atoms. The number of carbonyl (C=O) groups excluding carboxylic acids is 1. The minimum absolute atomic E-state index is 0.0150. The number of amides is 1. The van der Waals surface area contributed by atoms with Gasteiger partial charge in [-0.15, -0.1) is 0 Å². The van der Waals surface area contributed by atoms with Crippen LogP contribution in [0.25, 0.3) is 0 Å². The Hall–Kier alpha value is -1.34. The summed E-state index contributed by atoms with van der Waals surface area (Å²) in [5, 5.41) is 12.0. The lowest BCUT2D eigenvalue weighted by Gasteiger charge is -2.07. The molecule has 1 amide bonds. The van der Waals surface area contributed by atoms with Crippen molar-refractivity contribution in [2.45, 2.75) is 39.8 Å². The van der Waals surface area contributed by atoms with Gasteiger partial charge in [-0.25, -0.2) is 0 Å². The lowest BCUT2D eigenvalue weighted by Crippen LogP contribution is -2.26. The Morgan fingerprint density at radius 3 is 2.77 bits per heavy atom. The largest absolute Gasteiger partial charge is 0.356 e. The van der Waals surface area contributed by atoms with Crippen molar-refractivity contribution >= 4 is 33.4 Å². The van der Waals surface area contributed by atoms with E-state index < -0.39 is 0 Å². The highest BCUT2D eigenvalue weighted by molar-refractivity contribution is 9.10. The van der Waals surface area contributed by atoms with E-state index in [1.54, 1.807) is 17.1 Å². The van der Waals surface area contributed by atoms with Crippen molar-refractivity contribution < 1.29 is 4.79 Å². The fourth-order valence-corrected chi connectivity index (χ4v) is 2.55. The zero-order valence-corrected chi connectivity index (χ0v) is 15.0. The standard InChI is InChI=1S/C14H19BrClN5O/c1-10-14(15)11(2)21(19-10)6-3-5-17-13(22)4-7-20-9-12(16)8-18-20/h8-9H,3-7H2,1-2H3,(H,17,22). The molecule has 0 radical (unpaired) electrons. The van der Waals surface area contributed by atoms with Crippen LogP contribution in [-0.4, -0.2) is 32.0 Å². The molecule has 120 valence electrons. The zero-order valence-electron chi connectivity index (χ0n) is 12.6. The molecule has 8 heteroatoms. The van der Waals surface area contributed by atoms with Crippen LogP contribution in [-0.2, 0) is 17.9 Å². The number of hydrogen-bond donors (Lipinski definition) is 1. The Labute approximate surface area is 143 Å². The third-order valence-electron chi connectivity index (χ3n) is 3.33. The van der Waals surface area contributed by atoms with Crippen molar-refractivity contribution in [3.05, 3.63) is 33.3 Å². The lowest BCUT2D eigenvalue weighted by atomic mass is 10.3. The summed E-state index contributed by atoms with van der Waals surface area (Å²) in [5.41, 5.74) is 2.10. The molecular formula is C14H19BrClN5O. The summed E-state index contributed by atoms with van der Waals surface area (Å²) in [4.78, 5) is 11.7. The van der Waals surface area contributed by atoms with E-state index in [1.165, 1.54) is 0 Å². The van der Waals surface area contributed by atoms with Gasteiger partial charge in [0.25, 0.3) is 0 Å². The first kappa shape index (κ1) is 17.0. The van der Waals surface area contributed by atoms with Gasteiger partial charge < -0.3 is 5.32 Å². The first-order valence-electron chi connectivity index (χ1n) is 7.11. The number of nitrogens with one attached hydrogen (secondary N) is 1. The molecule has 6 nitrogen and oxygen atoms in total. The average Bonchev–Trinajstić information content (AvgIpc) is 3.01. The van der Waals surface area contributed by atoms with Gasteiger partial charge in [0.2, 0.25) is 5.91 Å². The highest BCUT2D eigenvalue weighted by Crippen LogP contribution is 2.19. The summed E-state index contributed by atoms with van der Waals surface area (Å²) in [7, 11) is 0. The third kappa shape index (κ3) is 4.58. The van der Waals surface area contributed by atoms with E-state index >= 15 is 0 Å². The van der Waals surface area contributed by atoms with E-state index in [-0.39, 0.29) is 5.91 Å². The molecule has 0 unspecified atom stereocenters. The Morgan fingerprint density at radius 1 is 1.41 bits per heavy atom. The van der Waals surface area contributed by atoms with Gasteiger partial charge in [0.15, 0.2) is 0 Å². The van der Waals surface area contributed by atoms with E-state index in [9.17, 15) is 4.79 Å². The van der Waals surface area contributed by atoms with Gasteiger partial charge in [-0.1, -0.05) is 11.6 Å². The predicted octanol–water partition coefficient (Wildman–Crippen LogP) is 2.71. The van der Waals surface area contributed by atoms with E-state index in [2.05, 4.69) is 31.4 Å². The van der Waals surface area contributed by atoms with Crippen LogP contribution < -0.4 is 5.32 Å². The maximum absolute atomic E-state index is 11.7. The molecule has 2 aromatic rings. The van der Waals surface area contributed by atoms with Crippen LogP contribution >= 0.6 is 27.5 Å². The third-order valence-corrected chi connectivity index (χ3v) is 4.67. The van der Waals surface area contributed by atoms with Gasteiger partial charge in [0.1, 0.15) is 0 Å². The van der Waals surface area contributed by atoms with Gasteiger partial charge >= 0.3 is 0 Å². The predicted molar refractivity (Wildman–Crippen MR) is 88.9 cm³/mol. The molecule has 2 heterocycles. The molecule has 2 rings (SSSR count). The summed E-state index contributed by atoms with van der Waals surface area (Å²) >= 11 is 9.27. The van der Waals surface area contributed by atoms with E-state index in [0.717, 1.165) is 28.8 Å². The highest BCUT2D eigenvalue weighted by atomic mass is 79.9. The number of aromatic nitrogens is 4. The minimum Gasteiger partial charge on any atom is -0.356 e. The van der Waals surface area contributed by atoms with Crippen LogP contribution in [0.5, 0.6) is 0 Å². The second-order valence-electron chi connectivity index (χ2n) is 5.08. The summed E-state index contributed by atoms with van der Waals surface area (Å²) < 4.78 is 4.67. The van der Waals surface area contributed by atoms with Crippen LogP contribution in [0.15, 0.2) is 16.9 Å². The zero-order chi connectivity index (χ0) is 16.1. The fourth-order valence-electron chi connectivity index (χ4n) is 2.11. The van der Waals surface area contributed by atoms with Gasteiger partial charge in [-0.3, -0.25) is 14.2 Å². The Morgan fingerprint density at radius 2 is 2.18 bits per heavy atom. The molecule has 0 aliphatic carbocycles. The van der Waals surface area contributed by atoms with Crippen molar-refractivity contribution in [1.82, 2.24) is 24.9 Å². The number of rotatable bonds is 7. The van der Waals surface area contributed by atoms with Crippen molar-refractivity contribution in [2.75, 3.05) is 6.54 Å². The number of aryl methyl sites for hydroxylation is 3. The normalized spacial score (nSPS) is 10.9. The summed E-state index contributed by atoms with van der Waals surface area (Å²) in [6.45, 7) is 5.94. The molecule has 2 aromatic heterocycles. The average molecular weight is 389 g/mol. The molecular weight excluding hydrogens is 370 g/mol. The molecule has 22 heavy (non-hydrogen) atoms. The maximum atomic E-state index is 11.7. The first-order chi connectivity index (χ1) is 10.5. The monoisotopic (exact) mass is 387 g/mol. The van der Waals surface area contributed by atoms with Crippen molar-refractivity contribution in [3.63, 3.8) is 0 Å². The molecule has 0 aliphatic heterocycles. The first-order valence-corrected chi connectivity index (χ1v) is 8.28. The molecule has 1 N–H and O–H groups in total. The Balaban J connectivity index is 1.65. The molecule has 0 saturated heterocycles. The van der Waals surface area contributed by atoms with Crippen molar-refractivity contribution in [3.8, 4) is 0 Å². The molecule has 0 bridgehead atoms. The summed E-state index contributed by atoms with van der Waals surface area (Å²) in [6, 6.07) is 0. The molecule has 0 aliphatic rings. The summed E-state index contributed by atoms with van der Waals surface area (Å²) in [6.07, 6.45) is 4.50. The summed E-state index contributed by atoms with van der Waals surface area (Å²) in [5.74, 6) is 0.0150. The van der Waals surface area contributed by atoms with Crippen LogP contribution in [0.2, 0.25) is 5.02 Å². The van der Waals surface area contributed by atoms with Crippen LogP contribution in [0.4, 0.5) is 0 Å². The van der Waals surface area contributed by atoms with Crippen LogP contribution in [0, 0.1) is 13.8 Å². The Kier molecular flexibility index (Phi) is 6.02. The van der Waals surface area contributed by atoms with E-state index in [4.69, 9.17) is 11.6 Å². The Bertz CT molecular complexity index is 652.